The molecule has 330 valence electrons. The molecule has 2 fully saturated rings. The lowest BCUT2D eigenvalue weighted by atomic mass is 9.52. The number of ketones is 4. The Morgan fingerprint density at radius 1 is 0.889 bits per heavy atom. The molecule has 3 aliphatic carbocycles. The summed E-state index contributed by atoms with van der Waals surface area (Å²) in [6.07, 6.45) is -1.13. The molecule has 63 heavy (non-hydrogen) atoms. The third-order valence-electron chi connectivity index (χ3n) is 12.5. The summed E-state index contributed by atoms with van der Waals surface area (Å²) >= 11 is 0. The highest BCUT2D eigenvalue weighted by atomic mass is 16.7. The van der Waals surface area contributed by atoms with Gasteiger partial charge in [-0.2, -0.15) is 0 Å². The van der Waals surface area contributed by atoms with Crippen molar-refractivity contribution in [2.24, 2.45) is 29.4 Å². The number of hydrogen-bond acceptors (Lipinski definition) is 14. The van der Waals surface area contributed by atoms with Crippen molar-refractivity contribution in [2.75, 3.05) is 51.7 Å². The second-order valence-electron chi connectivity index (χ2n) is 17.8. The zero-order valence-electron chi connectivity index (χ0n) is 35.9. The van der Waals surface area contributed by atoms with E-state index in [1.165, 1.54) is 25.1 Å². The van der Waals surface area contributed by atoms with E-state index in [1.54, 1.807) is 64.0 Å². The highest BCUT2D eigenvalue weighted by molar-refractivity contribution is 6.32. The number of Topliss-reactive ketones (excluding diaryl/α,β-unsaturated/α-hetero) is 4. The number of esters is 1. The summed E-state index contributed by atoms with van der Waals surface area (Å²) in [6, 6.07) is 16.8. The van der Waals surface area contributed by atoms with Gasteiger partial charge in [-0.1, -0.05) is 48.5 Å². The molecule has 0 saturated heterocycles. The predicted molar refractivity (Wildman–Crippen MR) is 229 cm³/mol. The average molecular weight is 864 g/mol. The molecule has 0 radical (unpaired) electrons. The minimum absolute atomic E-state index is 0.00603. The van der Waals surface area contributed by atoms with Gasteiger partial charge in [0.05, 0.1) is 28.8 Å². The molecule has 2 unspecified atom stereocenters. The van der Waals surface area contributed by atoms with Crippen molar-refractivity contribution in [3.63, 3.8) is 0 Å². The zero-order valence-corrected chi connectivity index (χ0v) is 35.9. The summed E-state index contributed by atoms with van der Waals surface area (Å²) < 4.78 is 10.8. The van der Waals surface area contributed by atoms with Crippen molar-refractivity contribution in [2.45, 2.75) is 50.8 Å². The summed E-state index contributed by atoms with van der Waals surface area (Å²) in [5, 5.41) is 29.1. The van der Waals surface area contributed by atoms with Gasteiger partial charge in [0, 0.05) is 31.2 Å². The Labute approximate surface area is 362 Å². The molecule has 3 amide bonds. The van der Waals surface area contributed by atoms with Crippen LogP contribution in [0.5, 0.6) is 5.75 Å². The highest BCUT2D eigenvalue weighted by Crippen LogP contribution is 2.53. The molecule has 6 atom stereocenters. The fraction of sp³-hybridized carbons (Fsp3) is 0.391. The Bertz CT molecular complexity index is 2600. The average Bonchev–Trinajstić information content (AvgIpc) is 3.20. The molecule has 2 saturated carbocycles. The van der Waals surface area contributed by atoms with E-state index >= 15 is 0 Å². The number of phenolic OH excluding ortho intramolecular Hbond substituents is 1. The van der Waals surface area contributed by atoms with Crippen LogP contribution in [0.1, 0.15) is 53.5 Å². The first kappa shape index (κ1) is 44.3. The number of nitrogens with one attached hydrogen (secondary N) is 1. The topological polar surface area (TPSA) is 243 Å². The highest BCUT2D eigenvalue weighted by Gasteiger charge is 2.69. The maximum absolute atomic E-state index is 14.5. The zero-order chi connectivity index (χ0) is 46.0. The van der Waals surface area contributed by atoms with Crippen molar-refractivity contribution in [3.8, 4) is 5.75 Å². The number of nitrogens with zero attached hydrogens (tertiary/aromatic N) is 3. The standard InChI is InChI=1S/C46H49N5O12/c1-45(2,3)51(44(60)63-21-62-43(59)33-25-14-10-8-12-22(25)16-23-13-9-11-15-26(23)33)20-31(52)48-29-19-30(49(4)5)27-17-24-18-28-36(50(6)7)39(55)35(42(47)58)41(57)46(28,61)40(56)32(24)38(54)34(27)37(29)53/h8-16,19,24,28,32,35-36,53,61H,17-18,20-21H2,1-7H3,(H2,47,58)(H,48,52)/t24-,28-,32?,35?,36-,46-/m0/s1. The normalized spacial score (nSPS) is 23.2. The number of ether oxygens (including phenoxy) is 2. The van der Waals surface area contributed by atoms with E-state index in [4.69, 9.17) is 15.2 Å². The van der Waals surface area contributed by atoms with Crippen molar-refractivity contribution in [1.29, 1.82) is 0 Å². The van der Waals surface area contributed by atoms with Crippen LogP contribution in [-0.2, 0) is 39.9 Å². The van der Waals surface area contributed by atoms with Gasteiger partial charge in [0.2, 0.25) is 18.6 Å². The van der Waals surface area contributed by atoms with E-state index in [2.05, 4.69) is 5.32 Å². The molecule has 4 aromatic rings. The van der Waals surface area contributed by atoms with E-state index in [-0.39, 0.29) is 24.1 Å². The number of benzene rings is 4. The van der Waals surface area contributed by atoms with Crippen molar-refractivity contribution in [3.05, 3.63) is 77.4 Å². The van der Waals surface area contributed by atoms with E-state index in [0.29, 0.717) is 27.6 Å². The van der Waals surface area contributed by atoms with Crippen LogP contribution in [0, 0.1) is 23.7 Å². The number of rotatable bonds is 9. The van der Waals surface area contributed by atoms with Gasteiger partial charge < -0.3 is 35.6 Å². The van der Waals surface area contributed by atoms with Crippen LogP contribution in [0.15, 0.2) is 60.7 Å². The number of likely N-dealkylation sites (N-methyl/N-ethyl adjacent to an activating group) is 1. The minimum atomic E-state index is -2.91. The summed E-state index contributed by atoms with van der Waals surface area (Å²) in [4.78, 5) is 113. The van der Waals surface area contributed by atoms with Gasteiger partial charge >= 0.3 is 12.1 Å². The molecule has 17 nitrogen and oxygen atoms in total. The quantitative estimate of drug-likeness (QED) is 0.0621. The Balaban J connectivity index is 1.11. The van der Waals surface area contributed by atoms with E-state index in [9.17, 15) is 48.6 Å². The largest absolute Gasteiger partial charge is 0.505 e. The Hall–Kier alpha value is -6.72. The smallest absolute Gasteiger partial charge is 0.413 e. The van der Waals surface area contributed by atoms with E-state index in [1.807, 2.05) is 30.3 Å². The van der Waals surface area contributed by atoms with Crippen LogP contribution in [0.3, 0.4) is 0 Å². The molecule has 0 aromatic heterocycles. The number of hydrogen-bond donors (Lipinski definition) is 4. The molecule has 3 aliphatic rings. The fourth-order valence-corrected chi connectivity index (χ4v) is 9.57. The summed E-state index contributed by atoms with van der Waals surface area (Å²) in [5.41, 5.74) is 1.94. The molecular weight excluding hydrogens is 815 g/mol. The van der Waals surface area contributed by atoms with Crippen molar-refractivity contribution in [1.82, 2.24) is 9.80 Å². The number of amides is 3. The fourth-order valence-electron chi connectivity index (χ4n) is 9.57. The van der Waals surface area contributed by atoms with Crippen LogP contribution in [-0.4, -0.2) is 126 Å². The Morgan fingerprint density at radius 3 is 2.05 bits per heavy atom. The van der Waals surface area contributed by atoms with Crippen LogP contribution in [0.25, 0.3) is 21.5 Å². The number of fused-ring (bicyclic) bond motifs is 5. The monoisotopic (exact) mass is 863 g/mol. The Kier molecular flexibility index (Phi) is 11.4. The molecular formula is C46H49N5O12. The van der Waals surface area contributed by atoms with Gasteiger partial charge in [-0.25, -0.2) is 9.59 Å². The third kappa shape index (κ3) is 7.44. The summed E-state index contributed by atoms with van der Waals surface area (Å²) in [5.74, 6) is -13.8. The van der Waals surface area contributed by atoms with Gasteiger partial charge in [0.25, 0.3) is 0 Å². The molecule has 7 rings (SSSR count). The summed E-state index contributed by atoms with van der Waals surface area (Å²) in [7, 11) is 6.33. The lowest BCUT2D eigenvalue weighted by molar-refractivity contribution is -0.181. The maximum Gasteiger partial charge on any atom is 0.413 e. The first-order valence-electron chi connectivity index (χ1n) is 20.3. The van der Waals surface area contributed by atoms with E-state index in [0.717, 1.165) is 15.7 Å². The molecule has 5 N–H and O–H groups in total. The minimum Gasteiger partial charge on any atom is -0.505 e. The van der Waals surface area contributed by atoms with Crippen LogP contribution < -0.4 is 16.0 Å². The number of primary amides is 1. The number of carbonyl (C=O) groups is 8. The van der Waals surface area contributed by atoms with Crippen LogP contribution >= 0.6 is 0 Å². The van der Waals surface area contributed by atoms with Crippen molar-refractivity contribution >= 4 is 79.9 Å². The van der Waals surface area contributed by atoms with Crippen LogP contribution in [0.2, 0.25) is 0 Å². The Morgan fingerprint density at radius 2 is 1.49 bits per heavy atom. The number of carbonyl (C=O) groups excluding carboxylic acids is 8. The SMILES string of the molecule is CN(C)c1cc(NC(=O)CN(C(=O)OCOC(=O)c2c3ccccc3cc3ccccc23)C(C)(C)C)c(O)c2c1C[C@H]1C[C@H]3[C@H](N(C)C)C(=O)C(C(N)=O)C(=O)[C@@]3(O)C(=O)C1C2=O. The molecule has 0 aliphatic heterocycles. The number of aromatic hydroxyl groups is 1. The van der Waals surface area contributed by atoms with E-state index < -0.39 is 107 Å². The van der Waals surface area contributed by atoms with Gasteiger partial charge in [0.1, 0.15) is 12.3 Å². The number of aliphatic hydroxyl groups is 1. The van der Waals surface area contributed by atoms with Crippen LogP contribution in [0.4, 0.5) is 16.2 Å². The molecule has 4 aromatic carbocycles. The predicted octanol–water partition coefficient (Wildman–Crippen LogP) is 3.23. The molecule has 0 spiro atoms. The lowest BCUT2D eigenvalue weighted by Crippen LogP contribution is -2.74. The van der Waals surface area contributed by atoms with Gasteiger partial charge in [-0.3, -0.25) is 38.6 Å². The summed E-state index contributed by atoms with van der Waals surface area (Å²) in [6.45, 7) is 3.53. The first-order chi connectivity index (χ1) is 29.6. The lowest BCUT2D eigenvalue weighted by Gasteiger charge is -2.52. The maximum atomic E-state index is 14.5. The second kappa shape index (κ2) is 16.2. The number of anilines is 2. The molecule has 17 heteroatoms. The molecule has 0 heterocycles. The van der Waals surface area contributed by atoms with Crippen molar-refractivity contribution < 1.29 is 58.0 Å². The third-order valence-corrected chi connectivity index (χ3v) is 12.5. The van der Waals surface area contributed by atoms with Gasteiger partial charge in [0.15, 0.2) is 34.7 Å². The number of phenols is 1. The van der Waals surface area contributed by atoms with Gasteiger partial charge in [-0.05, 0) is 92.9 Å². The molecule has 0 bridgehead atoms. The van der Waals surface area contributed by atoms with Gasteiger partial charge in [-0.15, -0.1) is 0 Å². The second-order valence-corrected chi connectivity index (χ2v) is 17.8. The first-order valence-corrected chi connectivity index (χ1v) is 20.3. The number of nitrogens with two attached hydrogens (primary N) is 1.